The minimum atomic E-state index is -2.69. The first-order valence-corrected chi connectivity index (χ1v) is 13.2. The van der Waals surface area contributed by atoms with Crippen LogP contribution in [0.1, 0.15) is 27.2 Å². The summed E-state index contributed by atoms with van der Waals surface area (Å²) in [6, 6.07) is 21.4. The Morgan fingerprint density at radius 1 is 0.875 bits per heavy atom. The molecular formula is C26H36O5Si. The first-order chi connectivity index (χ1) is 15.3. The first-order valence-electron chi connectivity index (χ1n) is 11.3. The molecule has 0 aromatic heterocycles. The highest BCUT2D eigenvalue weighted by Gasteiger charge is 2.66. The van der Waals surface area contributed by atoms with Gasteiger partial charge in [-0.15, -0.1) is 0 Å². The largest absolute Gasteiger partial charge is 0.404 e. The Morgan fingerprint density at radius 2 is 1.44 bits per heavy atom. The van der Waals surface area contributed by atoms with Crippen LogP contribution in [0.4, 0.5) is 0 Å². The molecule has 174 valence electrons. The monoisotopic (exact) mass is 456 g/mol. The van der Waals surface area contributed by atoms with E-state index < -0.39 is 13.9 Å². The lowest BCUT2D eigenvalue weighted by molar-refractivity contribution is -0.221. The van der Waals surface area contributed by atoms with Gasteiger partial charge >= 0.3 is 0 Å². The summed E-state index contributed by atoms with van der Waals surface area (Å²) in [4.78, 5) is 0. The topological polar surface area (TPSA) is 46.2 Å². The van der Waals surface area contributed by atoms with Gasteiger partial charge in [0.1, 0.15) is 5.60 Å². The van der Waals surface area contributed by atoms with E-state index in [9.17, 15) is 0 Å². The minimum absolute atomic E-state index is 0.0152. The van der Waals surface area contributed by atoms with Crippen molar-refractivity contribution in [2.24, 2.45) is 5.92 Å². The number of rotatable bonds is 8. The van der Waals surface area contributed by atoms with Gasteiger partial charge in [0, 0.05) is 27.8 Å². The second-order valence-corrected chi connectivity index (χ2v) is 14.3. The minimum Gasteiger partial charge on any atom is -0.404 e. The van der Waals surface area contributed by atoms with Crippen LogP contribution in [0.3, 0.4) is 0 Å². The summed E-state index contributed by atoms with van der Waals surface area (Å²) in [7, 11) is 2.49. The lowest BCUT2D eigenvalue weighted by atomic mass is 10.0. The molecule has 6 heteroatoms. The quantitative estimate of drug-likeness (QED) is 0.570. The van der Waals surface area contributed by atoms with E-state index in [4.69, 9.17) is 23.4 Å². The zero-order chi connectivity index (χ0) is 23.0. The van der Waals surface area contributed by atoms with Gasteiger partial charge in [0.15, 0.2) is 6.29 Å². The summed E-state index contributed by atoms with van der Waals surface area (Å²) >= 11 is 0. The summed E-state index contributed by atoms with van der Waals surface area (Å²) in [6.45, 7) is 7.28. The third kappa shape index (κ3) is 3.67. The first kappa shape index (κ1) is 23.6. The highest BCUT2D eigenvalue weighted by Crippen LogP contribution is 2.52. The van der Waals surface area contributed by atoms with Gasteiger partial charge in [-0.1, -0.05) is 81.4 Å². The van der Waals surface area contributed by atoms with Crippen molar-refractivity contribution >= 4 is 18.7 Å². The molecule has 1 heterocycles. The second kappa shape index (κ2) is 9.01. The smallest absolute Gasteiger partial charge is 0.261 e. The van der Waals surface area contributed by atoms with Gasteiger partial charge in [0.25, 0.3) is 8.32 Å². The van der Waals surface area contributed by atoms with Crippen LogP contribution in [0.25, 0.3) is 0 Å². The molecule has 2 aliphatic rings. The van der Waals surface area contributed by atoms with Crippen LogP contribution >= 0.6 is 0 Å². The van der Waals surface area contributed by atoms with Crippen molar-refractivity contribution in [3.8, 4) is 0 Å². The Labute approximate surface area is 193 Å². The van der Waals surface area contributed by atoms with Crippen molar-refractivity contribution in [3.05, 3.63) is 60.7 Å². The van der Waals surface area contributed by atoms with Crippen LogP contribution in [0.2, 0.25) is 5.04 Å². The zero-order valence-corrected chi connectivity index (χ0v) is 21.0. The fraction of sp³-hybridized carbons (Fsp3) is 0.538. The molecule has 4 rings (SSSR count). The van der Waals surface area contributed by atoms with E-state index in [1.54, 1.807) is 21.3 Å². The summed E-state index contributed by atoms with van der Waals surface area (Å²) in [5, 5.41) is 2.40. The SMILES string of the molecule is COC1O[C@@]2(CO[Si](c3ccccc3)(c3ccccc3)C(C)(C)C)C[C@H](OC)[C@H]1[C@@H]2OC. The molecule has 2 aromatic rings. The number of methoxy groups -OCH3 is 3. The Kier molecular flexibility index (Phi) is 6.65. The Balaban J connectivity index is 1.78. The maximum absolute atomic E-state index is 7.21. The molecule has 5 nitrogen and oxygen atoms in total. The molecular weight excluding hydrogens is 420 g/mol. The van der Waals surface area contributed by atoms with E-state index in [1.165, 1.54) is 10.4 Å². The lowest BCUT2D eigenvalue weighted by Gasteiger charge is -2.45. The molecule has 2 bridgehead atoms. The standard InChI is InChI=1S/C26H36O5Si/c1-25(2,3)32(19-13-9-7-10-14-19,20-15-11-8-12-16-20)30-18-26-17-21(27-4)22(23(26)28-5)24(29-6)31-26/h7-16,21-24H,17-18H2,1-6H3/t21-,22-,23-,24?,26+/m0/s1. The number of benzene rings is 2. The van der Waals surface area contributed by atoms with Crippen molar-refractivity contribution in [2.45, 2.75) is 56.3 Å². The summed E-state index contributed by atoms with van der Waals surface area (Å²) in [5.74, 6) is 0.0257. The molecule has 0 radical (unpaired) electrons. The van der Waals surface area contributed by atoms with Crippen molar-refractivity contribution < 1.29 is 23.4 Å². The Hall–Kier alpha value is -1.54. The number of ether oxygens (including phenoxy) is 4. The maximum Gasteiger partial charge on any atom is 0.261 e. The van der Waals surface area contributed by atoms with Crippen LogP contribution in [0, 0.1) is 5.92 Å². The van der Waals surface area contributed by atoms with E-state index in [2.05, 4.69) is 81.4 Å². The molecule has 1 aliphatic carbocycles. The van der Waals surface area contributed by atoms with Crippen molar-refractivity contribution in [2.75, 3.05) is 27.9 Å². The van der Waals surface area contributed by atoms with Crippen LogP contribution in [0.15, 0.2) is 60.7 Å². The maximum atomic E-state index is 7.21. The molecule has 32 heavy (non-hydrogen) atoms. The molecule has 1 saturated carbocycles. The molecule has 0 spiro atoms. The van der Waals surface area contributed by atoms with Gasteiger partial charge in [-0.2, -0.15) is 0 Å². The zero-order valence-electron chi connectivity index (χ0n) is 20.0. The Bertz CT molecular complexity index is 829. The third-order valence-electron chi connectivity index (χ3n) is 7.25. The summed E-state index contributed by atoms with van der Waals surface area (Å²) in [5.41, 5.74) is -0.603. The Morgan fingerprint density at radius 3 is 1.88 bits per heavy atom. The van der Waals surface area contributed by atoms with Crippen LogP contribution < -0.4 is 10.4 Å². The summed E-state index contributed by atoms with van der Waals surface area (Å²) < 4.78 is 31.2. The normalized spacial score (nSPS) is 30.1. The average Bonchev–Trinajstić information content (AvgIpc) is 3.29. The van der Waals surface area contributed by atoms with E-state index >= 15 is 0 Å². The molecule has 0 amide bonds. The van der Waals surface area contributed by atoms with Crippen LogP contribution in [-0.2, 0) is 23.4 Å². The number of fused-ring (bicyclic) bond motifs is 2. The highest BCUT2D eigenvalue weighted by atomic mass is 28.4. The lowest BCUT2D eigenvalue weighted by Crippen LogP contribution is -2.68. The van der Waals surface area contributed by atoms with E-state index in [-0.39, 0.29) is 29.5 Å². The third-order valence-corrected chi connectivity index (χ3v) is 12.2. The highest BCUT2D eigenvalue weighted by molar-refractivity contribution is 6.99. The number of hydrogen-bond donors (Lipinski definition) is 0. The molecule has 1 aliphatic heterocycles. The molecule has 1 unspecified atom stereocenters. The molecule has 2 aromatic carbocycles. The van der Waals surface area contributed by atoms with E-state index in [0.717, 1.165) is 6.42 Å². The van der Waals surface area contributed by atoms with Gasteiger partial charge in [0.2, 0.25) is 0 Å². The summed E-state index contributed by atoms with van der Waals surface area (Å²) in [6.07, 6.45) is 0.239. The van der Waals surface area contributed by atoms with Crippen molar-refractivity contribution in [1.29, 1.82) is 0 Å². The van der Waals surface area contributed by atoms with Gasteiger partial charge in [-0.3, -0.25) is 0 Å². The molecule has 2 fully saturated rings. The van der Waals surface area contributed by atoms with Crippen molar-refractivity contribution in [3.63, 3.8) is 0 Å². The van der Waals surface area contributed by atoms with E-state index in [1.807, 2.05) is 0 Å². The second-order valence-electron chi connectivity index (χ2n) is 9.95. The molecule has 1 saturated heterocycles. The van der Waals surface area contributed by atoms with Gasteiger partial charge in [0.05, 0.1) is 24.7 Å². The molecule has 5 atom stereocenters. The van der Waals surface area contributed by atoms with Crippen molar-refractivity contribution in [1.82, 2.24) is 0 Å². The van der Waals surface area contributed by atoms with E-state index in [0.29, 0.717) is 6.61 Å². The van der Waals surface area contributed by atoms with Gasteiger partial charge in [-0.05, 0) is 15.4 Å². The molecule has 0 N–H and O–H groups in total. The van der Waals surface area contributed by atoms with Crippen LogP contribution in [0.5, 0.6) is 0 Å². The fourth-order valence-electron chi connectivity index (χ4n) is 5.87. The van der Waals surface area contributed by atoms with Gasteiger partial charge < -0.3 is 23.4 Å². The fourth-order valence-corrected chi connectivity index (χ4v) is 10.5. The van der Waals surface area contributed by atoms with Gasteiger partial charge in [-0.25, -0.2) is 0 Å². The average molecular weight is 457 g/mol. The predicted molar refractivity (Wildman–Crippen MR) is 128 cm³/mol. The van der Waals surface area contributed by atoms with Crippen LogP contribution in [-0.4, -0.2) is 60.4 Å². The number of hydrogen-bond acceptors (Lipinski definition) is 5. The predicted octanol–water partition coefficient (Wildman–Crippen LogP) is 3.35.